The Morgan fingerprint density at radius 1 is 1.40 bits per heavy atom. The molecule has 0 radical (unpaired) electrons. The third-order valence-electron chi connectivity index (χ3n) is 4.22. The number of rotatable bonds is 6. The highest BCUT2D eigenvalue weighted by Crippen LogP contribution is 2.32. The molecule has 1 aromatic carbocycles. The van der Waals surface area contributed by atoms with Gasteiger partial charge < -0.3 is 19.9 Å². The minimum Gasteiger partial charge on any atom is -0.496 e. The Labute approximate surface area is 160 Å². The van der Waals surface area contributed by atoms with Crippen molar-refractivity contribution in [3.8, 4) is 5.75 Å². The first-order chi connectivity index (χ1) is 12.0. The van der Waals surface area contributed by atoms with Crippen molar-refractivity contribution < 1.29 is 9.13 Å². The molecule has 0 bridgehead atoms. The second-order valence-corrected chi connectivity index (χ2v) is 7.60. The van der Waals surface area contributed by atoms with Crippen molar-refractivity contribution in [3.63, 3.8) is 0 Å². The molecule has 8 heteroatoms. The largest absolute Gasteiger partial charge is 0.496 e. The maximum absolute atomic E-state index is 13.6. The number of aromatic nitrogens is 2. The van der Waals surface area contributed by atoms with Gasteiger partial charge in [0.2, 0.25) is 5.95 Å². The van der Waals surface area contributed by atoms with Crippen LogP contribution < -0.4 is 15.0 Å². The van der Waals surface area contributed by atoms with Crippen LogP contribution in [-0.4, -0.2) is 68.4 Å². The predicted molar refractivity (Wildman–Crippen MR) is 108 cm³/mol. The van der Waals surface area contributed by atoms with E-state index >= 15 is 0 Å². The zero-order chi connectivity index (χ0) is 18.0. The van der Waals surface area contributed by atoms with E-state index in [1.807, 2.05) is 31.1 Å². The second kappa shape index (κ2) is 7.86. The maximum Gasteiger partial charge on any atom is 0.227 e. The third-order valence-corrected chi connectivity index (χ3v) is 5.07. The van der Waals surface area contributed by atoms with E-state index < -0.39 is 6.17 Å². The van der Waals surface area contributed by atoms with Gasteiger partial charge in [-0.3, -0.25) is 0 Å². The van der Waals surface area contributed by atoms with Crippen LogP contribution in [0.1, 0.15) is 6.42 Å². The number of anilines is 2. The molecular weight excluding hydrogens is 436 g/mol. The highest BCUT2D eigenvalue weighted by atomic mass is 127. The Balaban J connectivity index is 2.01. The van der Waals surface area contributed by atoms with Crippen LogP contribution in [0.5, 0.6) is 5.75 Å². The Morgan fingerprint density at radius 2 is 2.20 bits per heavy atom. The summed E-state index contributed by atoms with van der Waals surface area (Å²) in [4.78, 5) is 13.4. The zero-order valence-electron chi connectivity index (χ0n) is 14.7. The molecule has 25 heavy (non-hydrogen) atoms. The molecule has 6 nitrogen and oxygen atoms in total. The lowest BCUT2D eigenvalue weighted by Crippen LogP contribution is -2.24. The molecule has 1 saturated heterocycles. The number of nitrogens with one attached hydrogen (secondary N) is 1. The standard InChI is InChI=1S/C17H23FIN5O/c1-23(2)7-5-20-16-12-8-15(25-3)13(19)9-14(12)21-17(22-16)24-6-4-11(18)10-24/h8-9,11H,4-7,10H2,1-3H3,(H,20,21,22). The first kappa shape index (κ1) is 18.4. The van der Waals surface area contributed by atoms with Crippen LogP contribution in [0, 0.1) is 3.57 Å². The number of methoxy groups -OCH3 is 1. The fourth-order valence-electron chi connectivity index (χ4n) is 2.85. The average molecular weight is 459 g/mol. The van der Waals surface area contributed by atoms with Crippen LogP contribution >= 0.6 is 22.6 Å². The number of likely N-dealkylation sites (N-methyl/N-ethyl adjacent to an activating group) is 1. The van der Waals surface area contributed by atoms with Gasteiger partial charge in [-0.25, -0.2) is 9.37 Å². The van der Waals surface area contributed by atoms with Crippen molar-refractivity contribution in [3.05, 3.63) is 15.7 Å². The smallest absolute Gasteiger partial charge is 0.227 e. The van der Waals surface area contributed by atoms with Gasteiger partial charge in [-0.15, -0.1) is 0 Å². The van der Waals surface area contributed by atoms with Gasteiger partial charge in [0, 0.05) is 25.0 Å². The van der Waals surface area contributed by atoms with Gasteiger partial charge in [-0.05, 0) is 55.2 Å². The monoisotopic (exact) mass is 459 g/mol. The number of alkyl halides is 1. The van der Waals surface area contributed by atoms with Crippen molar-refractivity contribution in [2.24, 2.45) is 0 Å². The Kier molecular flexibility index (Phi) is 5.78. The molecule has 1 atom stereocenters. The zero-order valence-corrected chi connectivity index (χ0v) is 16.9. The van der Waals surface area contributed by atoms with E-state index in [-0.39, 0.29) is 0 Å². The third kappa shape index (κ3) is 4.22. The molecule has 2 aromatic rings. The fraction of sp³-hybridized carbons (Fsp3) is 0.529. The van der Waals surface area contributed by atoms with Crippen LogP contribution in [0.15, 0.2) is 12.1 Å². The molecule has 0 amide bonds. The molecule has 2 heterocycles. The summed E-state index contributed by atoms with van der Waals surface area (Å²) < 4.78 is 20.0. The van der Waals surface area contributed by atoms with Crippen LogP contribution in [0.25, 0.3) is 10.9 Å². The van der Waals surface area contributed by atoms with Gasteiger partial charge in [0.1, 0.15) is 17.7 Å². The summed E-state index contributed by atoms with van der Waals surface area (Å²) in [6, 6.07) is 3.95. The van der Waals surface area contributed by atoms with Gasteiger partial charge in [0.15, 0.2) is 0 Å². The van der Waals surface area contributed by atoms with Crippen molar-refractivity contribution >= 4 is 45.3 Å². The highest BCUT2D eigenvalue weighted by Gasteiger charge is 2.25. The minimum atomic E-state index is -0.805. The van der Waals surface area contributed by atoms with E-state index in [0.717, 1.165) is 39.1 Å². The van der Waals surface area contributed by atoms with Crippen LogP contribution in [0.4, 0.5) is 16.2 Å². The molecule has 0 saturated carbocycles. The van der Waals surface area contributed by atoms with Crippen LogP contribution in [0.2, 0.25) is 0 Å². The lowest BCUT2D eigenvalue weighted by Gasteiger charge is -2.19. The number of hydrogen-bond acceptors (Lipinski definition) is 6. The Hall–Kier alpha value is -1.42. The van der Waals surface area contributed by atoms with E-state index in [1.165, 1.54) is 0 Å². The second-order valence-electron chi connectivity index (χ2n) is 6.44. The highest BCUT2D eigenvalue weighted by molar-refractivity contribution is 14.1. The van der Waals surface area contributed by atoms with Crippen molar-refractivity contribution in [1.82, 2.24) is 14.9 Å². The molecule has 0 aliphatic carbocycles. The van der Waals surface area contributed by atoms with Gasteiger partial charge in [-0.1, -0.05) is 0 Å². The molecule has 3 rings (SSSR count). The van der Waals surface area contributed by atoms with E-state index in [0.29, 0.717) is 25.5 Å². The quantitative estimate of drug-likeness (QED) is 0.671. The molecule has 1 aliphatic rings. The number of halogens is 2. The number of fused-ring (bicyclic) bond motifs is 1. The normalized spacial score (nSPS) is 17.5. The lowest BCUT2D eigenvalue weighted by atomic mass is 10.2. The summed E-state index contributed by atoms with van der Waals surface area (Å²) in [7, 11) is 5.72. The van der Waals surface area contributed by atoms with Crippen molar-refractivity contribution in [2.45, 2.75) is 12.6 Å². The van der Waals surface area contributed by atoms with Crippen LogP contribution in [-0.2, 0) is 0 Å². The molecule has 136 valence electrons. The SMILES string of the molecule is COc1cc2c(NCCN(C)C)nc(N3CCC(F)C3)nc2cc1I. The van der Waals surface area contributed by atoms with Crippen LogP contribution in [0.3, 0.4) is 0 Å². The first-order valence-corrected chi connectivity index (χ1v) is 9.38. The fourth-order valence-corrected chi connectivity index (χ4v) is 3.52. The predicted octanol–water partition coefficient (Wildman–Crippen LogP) is 2.76. The Bertz CT molecular complexity index is 757. The molecule has 0 spiro atoms. The number of hydrogen-bond donors (Lipinski definition) is 1. The Morgan fingerprint density at radius 3 is 2.84 bits per heavy atom. The molecule has 1 N–H and O–H groups in total. The molecular formula is C17H23FIN5O. The van der Waals surface area contributed by atoms with E-state index in [4.69, 9.17) is 4.74 Å². The van der Waals surface area contributed by atoms with Crippen molar-refractivity contribution in [1.29, 1.82) is 0 Å². The number of nitrogens with zero attached hydrogens (tertiary/aromatic N) is 4. The van der Waals surface area contributed by atoms with Gasteiger partial charge in [0.25, 0.3) is 0 Å². The molecule has 1 aromatic heterocycles. The van der Waals surface area contributed by atoms with E-state index in [9.17, 15) is 4.39 Å². The summed E-state index contributed by atoms with van der Waals surface area (Å²) in [6.45, 7) is 2.66. The number of ether oxygens (including phenoxy) is 1. The van der Waals surface area contributed by atoms with Gasteiger partial charge >= 0.3 is 0 Å². The van der Waals surface area contributed by atoms with E-state index in [1.54, 1.807) is 7.11 Å². The van der Waals surface area contributed by atoms with Crippen molar-refractivity contribution in [2.75, 3.05) is 57.6 Å². The summed E-state index contributed by atoms with van der Waals surface area (Å²) in [5, 5.41) is 4.31. The maximum atomic E-state index is 13.6. The van der Waals surface area contributed by atoms with E-state index in [2.05, 4.69) is 42.8 Å². The molecule has 1 aliphatic heterocycles. The van der Waals surface area contributed by atoms with Gasteiger partial charge in [0.05, 0.1) is 22.7 Å². The number of benzene rings is 1. The topological polar surface area (TPSA) is 53.5 Å². The summed E-state index contributed by atoms with van der Waals surface area (Å²) >= 11 is 2.23. The first-order valence-electron chi connectivity index (χ1n) is 8.31. The van der Waals surface area contributed by atoms with Gasteiger partial charge in [-0.2, -0.15) is 4.98 Å². The molecule has 1 fully saturated rings. The average Bonchev–Trinajstić information content (AvgIpc) is 3.00. The molecule has 1 unspecified atom stereocenters. The summed E-state index contributed by atoms with van der Waals surface area (Å²) in [5.74, 6) is 2.14. The summed E-state index contributed by atoms with van der Waals surface area (Å²) in [6.07, 6.45) is -0.272. The lowest BCUT2D eigenvalue weighted by molar-refractivity contribution is 0.364. The summed E-state index contributed by atoms with van der Waals surface area (Å²) in [5.41, 5.74) is 0.838. The minimum absolute atomic E-state index is 0.357.